The number of hydrogen-bond acceptors (Lipinski definition) is 3. The Morgan fingerprint density at radius 3 is 2.20 bits per heavy atom. The number of piperidine rings is 1. The van der Waals surface area contributed by atoms with E-state index in [-0.39, 0.29) is 23.8 Å². The van der Waals surface area contributed by atoms with Gasteiger partial charge in [-0.25, -0.2) is 0 Å². The van der Waals surface area contributed by atoms with E-state index in [0.29, 0.717) is 19.3 Å². The van der Waals surface area contributed by atoms with Gasteiger partial charge in [-0.1, -0.05) is 6.92 Å². The van der Waals surface area contributed by atoms with Gasteiger partial charge in [0.2, 0.25) is 11.8 Å². The van der Waals surface area contributed by atoms with E-state index < -0.39 is 6.10 Å². The highest BCUT2D eigenvalue weighted by molar-refractivity contribution is 5.98. The maximum Gasteiger partial charge on any atom is 0.229 e. The first-order valence-electron chi connectivity index (χ1n) is 5.44. The zero-order valence-electron chi connectivity index (χ0n) is 9.56. The van der Waals surface area contributed by atoms with Crippen molar-refractivity contribution >= 4 is 11.8 Å². The molecule has 1 aliphatic heterocycles. The standard InChI is InChI=1S/C11H19NO3/c1-7-4-10(14)12(11(15)5-7)8(2)6-9(3)13/h7-9,13H,4-6H2,1-3H3. The molecule has 1 fully saturated rings. The predicted molar refractivity (Wildman–Crippen MR) is 56.0 cm³/mol. The number of carbonyl (C=O) groups excluding carboxylic acids is 2. The number of amides is 2. The summed E-state index contributed by atoms with van der Waals surface area (Å²) in [7, 11) is 0. The maximum absolute atomic E-state index is 11.7. The van der Waals surface area contributed by atoms with Gasteiger partial charge in [-0.3, -0.25) is 14.5 Å². The minimum atomic E-state index is -0.486. The van der Waals surface area contributed by atoms with E-state index in [1.165, 1.54) is 4.90 Å². The molecule has 4 heteroatoms. The molecule has 1 rings (SSSR count). The van der Waals surface area contributed by atoms with Gasteiger partial charge in [-0.05, 0) is 26.2 Å². The first-order valence-corrected chi connectivity index (χ1v) is 5.44. The fourth-order valence-electron chi connectivity index (χ4n) is 2.09. The lowest BCUT2D eigenvalue weighted by Gasteiger charge is -2.33. The second-order valence-corrected chi connectivity index (χ2v) is 4.60. The number of hydrogen-bond donors (Lipinski definition) is 1. The van der Waals surface area contributed by atoms with Crippen molar-refractivity contribution in [1.82, 2.24) is 4.90 Å². The number of rotatable bonds is 3. The molecule has 0 spiro atoms. The number of imide groups is 1. The lowest BCUT2D eigenvalue weighted by Crippen LogP contribution is -2.48. The molecule has 0 aliphatic carbocycles. The summed E-state index contributed by atoms with van der Waals surface area (Å²) in [6.07, 6.45) is 0.845. The third-order valence-electron chi connectivity index (χ3n) is 2.71. The van der Waals surface area contributed by atoms with Crippen LogP contribution in [0.5, 0.6) is 0 Å². The fourth-order valence-corrected chi connectivity index (χ4v) is 2.09. The summed E-state index contributed by atoms with van der Waals surface area (Å²) in [5.41, 5.74) is 0. The molecule has 2 unspecified atom stereocenters. The van der Waals surface area contributed by atoms with Crippen molar-refractivity contribution in [2.45, 2.75) is 52.2 Å². The molecule has 1 heterocycles. The molecule has 1 N–H and O–H groups in total. The Morgan fingerprint density at radius 2 is 1.80 bits per heavy atom. The summed E-state index contributed by atoms with van der Waals surface area (Å²) in [6, 6.07) is -0.197. The molecule has 0 radical (unpaired) electrons. The first-order chi connectivity index (χ1) is 6.91. The monoisotopic (exact) mass is 213 g/mol. The van der Waals surface area contributed by atoms with Gasteiger partial charge in [-0.2, -0.15) is 0 Å². The van der Waals surface area contributed by atoms with Crippen molar-refractivity contribution in [2.24, 2.45) is 5.92 Å². The predicted octanol–water partition coefficient (Wildman–Crippen LogP) is 0.931. The van der Waals surface area contributed by atoms with Gasteiger partial charge in [0, 0.05) is 18.9 Å². The summed E-state index contributed by atoms with van der Waals surface area (Å²) in [6.45, 7) is 5.38. The minimum Gasteiger partial charge on any atom is -0.393 e. The van der Waals surface area contributed by atoms with Crippen LogP contribution < -0.4 is 0 Å². The lowest BCUT2D eigenvalue weighted by atomic mass is 9.95. The largest absolute Gasteiger partial charge is 0.393 e. The Hall–Kier alpha value is -0.900. The number of nitrogens with zero attached hydrogens (tertiary/aromatic N) is 1. The maximum atomic E-state index is 11.7. The smallest absolute Gasteiger partial charge is 0.229 e. The van der Waals surface area contributed by atoms with E-state index in [1.54, 1.807) is 13.8 Å². The molecule has 86 valence electrons. The lowest BCUT2D eigenvalue weighted by molar-refractivity contribution is -0.152. The number of aliphatic hydroxyl groups excluding tert-OH is 1. The van der Waals surface area contributed by atoms with Crippen LogP contribution in [-0.2, 0) is 9.59 Å². The van der Waals surface area contributed by atoms with Gasteiger partial charge < -0.3 is 5.11 Å². The third-order valence-corrected chi connectivity index (χ3v) is 2.71. The van der Waals surface area contributed by atoms with Crippen LogP contribution in [0.1, 0.15) is 40.0 Å². The van der Waals surface area contributed by atoms with Gasteiger partial charge in [0.05, 0.1) is 6.10 Å². The molecule has 2 amide bonds. The summed E-state index contributed by atoms with van der Waals surface area (Å²) in [5, 5.41) is 9.23. The quantitative estimate of drug-likeness (QED) is 0.709. The van der Waals surface area contributed by atoms with Crippen LogP contribution in [0.3, 0.4) is 0 Å². The van der Waals surface area contributed by atoms with Crippen LogP contribution in [0.15, 0.2) is 0 Å². The molecule has 0 saturated carbocycles. The summed E-state index contributed by atoms with van der Waals surface area (Å²) in [5.74, 6) is -0.0567. The average molecular weight is 213 g/mol. The Kier molecular flexibility index (Phi) is 3.85. The second-order valence-electron chi connectivity index (χ2n) is 4.60. The molecule has 2 atom stereocenters. The van der Waals surface area contributed by atoms with Crippen LogP contribution in [0.25, 0.3) is 0 Å². The summed E-state index contributed by atoms with van der Waals surface area (Å²) < 4.78 is 0. The van der Waals surface area contributed by atoms with Gasteiger partial charge in [-0.15, -0.1) is 0 Å². The fraction of sp³-hybridized carbons (Fsp3) is 0.818. The Balaban J connectivity index is 2.67. The molecule has 0 bridgehead atoms. The van der Waals surface area contributed by atoms with Crippen LogP contribution in [0.4, 0.5) is 0 Å². The highest BCUT2D eigenvalue weighted by Crippen LogP contribution is 2.22. The molecule has 15 heavy (non-hydrogen) atoms. The minimum absolute atomic E-state index is 0.105. The summed E-state index contributed by atoms with van der Waals surface area (Å²) in [4.78, 5) is 24.6. The average Bonchev–Trinajstić information content (AvgIpc) is 1.99. The zero-order chi connectivity index (χ0) is 11.6. The van der Waals surface area contributed by atoms with Gasteiger partial charge in [0.1, 0.15) is 0 Å². The van der Waals surface area contributed by atoms with E-state index in [2.05, 4.69) is 0 Å². The van der Waals surface area contributed by atoms with E-state index in [9.17, 15) is 14.7 Å². The topological polar surface area (TPSA) is 57.6 Å². The van der Waals surface area contributed by atoms with Crippen molar-refractivity contribution in [3.63, 3.8) is 0 Å². The van der Waals surface area contributed by atoms with Gasteiger partial charge in [0.15, 0.2) is 0 Å². The molecule has 0 aromatic carbocycles. The second kappa shape index (κ2) is 4.75. The molecule has 0 aromatic heterocycles. The summed E-state index contributed by atoms with van der Waals surface area (Å²) >= 11 is 0. The highest BCUT2D eigenvalue weighted by atomic mass is 16.3. The van der Waals surface area contributed by atoms with Crippen LogP contribution in [0, 0.1) is 5.92 Å². The molecule has 4 nitrogen and oxygen atoms in total. The van der Waals surface area contributed by atoms with Crippen LogP contribution in [-0.4, -0.2) is 34.0 Å². The van der Waals surface area contributed by atoms with Crippen molar-refractivity contribution in [3.05, 3.63) is 0 Å². The van der Waals surface area contributed by atoms with Crippen molar-refractivity contribution in [1.29, 1.82) is 0 Å². The number of likely N-dealkylation sites (tertiary alicyclic amines) is 1. The van der Waals surface area contributed by atoms with Crippen molar-refractivity contribution < 1.29 is 14.7 Å². The Morgan fingerprint density at radius 1 is 1.33 bits per heavy atom. The molecule has 1 aliphatic rings. The molecular weight excluding hydrogens is 194 g/mol. The molecular formula is C11H19NO3. The Labute approximate surface area is 90.3 Å². The zero-order valence-corrected chi connectivity index (χ0v) is 9.56. The number of carbonyl (C=O) groups is 2. The van der Waals surface area contributed by atoms with Crippen LogP contribution in [0.2, 0.25) is 0 Å². The van der Waals surface area contributed by atoms with Crippen LogP contribution >= 0.6 is 0 Å². The van der Waals surface area contributed by atoms with E-state index in [0.717, 1.165) is 0 Å². The normalized spacial score (nSPS) is 23.1. The Bertz CT molecular complexity index is 245. The molecule has 0 aromatic rings. The number of aliphatic hydroxyl groups is 1. The SMILES string of the molecule is CC(O)CC(C)N1C(=O)CC(C)CC1=O. The van der Waals surface area contributed by atoms with E-state index >= 15 is 0 Å². The van der Waals surface area contributed by atoms with Gasteiger partial charge >= 0.3 is 0 Å². The molecule has 1 saturated heterocycles. The van der Waals surface area contributed by atoms with Gasteiger partial charge in [0.25, 0.3) is 0 Å². The van der Waals surface area contributed by atoms with E-state index in [1.807, 2.05) is 6.92 Å². The third kappa shape index (κ3) is 3.02. The van der Waals surface area contributed by atoms with E-state index in [4.69, 9.17) is 0 Å². The van der Waals surface area contributed by atoms with Crippen molar-refractivity contribution in [2.75, 3.05) is 0 Å². The first kappa shape index (κ1) is 12.2. The van der Waals surface area contributed by atoms with Crippen molar-refractivity contribution in [3.8, 4) is 0 Å². The highest BCUT2D eigenvalue weighted by Gasteiger charge is 2.33.